The number of carboxylic acid groups (broad SMARTS) is 1. The highest BCUT2D eigenvalue weighted by atomic mass is 19.1. The average Bonchev–Trinajstić information content (AvgIpc) is 2.99. The fourth-order valence-corrected chi connectivity index (χ4v) is 5.79. The molecule has 1 amide bonds. The highest BCUT2D eigenvalue weighted by Gasteiger charge is 2.31. The number of ether oxygens (including phenoxy) is 1. The van der Waals surface area contributed by atoms with Crippen LogP contribution in [0.15, 0.2) is 42.7 Å². The molecule has 3 heterocycles. The van der Waals surface area contributed by atoms with E-state index in [1.807, 2.05) is 23.1 Å². The molecule has 8 nitrogen and oxygen atoms in total. The van der Waals surface area contributed by atoms with Gasteiger partial charge in [0, 0.05) is 55.7 Å². The number of hydrogen-bond acceptors (Lipinski definition) is 6. The third-order valence-electron chi connectivity index (χ3n) is 8.09. The smallest absolute Gasteiger partial charge is 0.303 e. The predicted molar refractivity (Wildman–Crippen MR) is 150 cm³/mol. The molecule has 9 heteroatoms. The van der Waals surface area contributed by atoms with Crippen molar-refractivity contribution >= 4 is 17.7 Å². The van der Waals surface area contributed by atoms with Crippen molar-refractivity contribution in [2.24, 2.45) is 11.8 Å². The van der Waals surface area contributed by atoms with E-state index in [0.29, 0.717) is 43.2 Å². The molecule has 4 rings (SSSR count). The zero-order chi connectivity index (χ0) is 28.3. The second-order valence-electron chi connectivity index (χ2n) is 10.9. The zero-order valence-electron chi connectivity index (χ0n) is 23.0. The monoisotopic (exact) mass is 553 g/mol. The van der Waals surface area contributed by atoms with Gasteiger partial charge in [0.15, 0.2) is 0 Å². The summed E-state index contributed by atoms with van der Waals surface area (Å²) >= 11 is 0. The first-order valence-electron chi connectivity index (χ1n) is 14.4. The van der Waals surface area contributed by atoms with Crippen molar-refractivity contribution in [3.8, 4) is 16.9 Å². The number of piperidine rings is 2. The Hall–Kier alpha value is -3.33. The number of benzene rings is 1. The number of aromatic nitrogens is 1. The molecule has 0 unspecified atom stereocenters. The minimum Gasteiger partial charge on any atom is -0.491 e. The number of ketones is 1. The Morgan fingerprint density at radius 3 is 2.58 bits per heavy atom. The Balaban J connectivity index is 1.38. The van der Waals surface area contributed by atoms with E-state index < -0.39 is 18.6 Å². The number of aliphatic carboxylic acids is 1. The third kappa shape index (κ3) is 8.58. The summed E-state index contributed by atoms with van der Waals surface area (Å²) in [6, 6.07) is 9.05. The molecule has 0 spiro atoms. The topological polar surface area (TPSA) is 109 Å². The van der Waals surface area contributed by atoms with E-state index in [4.69, 9.17) is 4.74 Å². The fraction of sp³-hybridized carbons (Fsp3) is 0.548. The fourth-order valence-electron chi connectivity index (χ4n) is 5.79. The van der Waals surface area contributed by atoms with Gasteiger partial charge in [-0.05, 0) is 80.4 Å². The number of carbonyl (C=O) groups is 3. The highest BCUT2D eigenvalue weighted by molar-refractivity contribution is 5.84. The number of Topliss-reactive ketones (excluding diaryl/α,β-unsaturated/α-hetero) is 1. The summed E-state index contributed by atoms with van der Waals surface area (Å²) in [4.78, 5) is 44.3. The van der Waals surface area contributed by atoms with Crippen LogP contribution in [0.3, 0.4) is 0 Å². The first-order valence-corrected chi connectivity index (χ1v) is 14.4. The van der Waals surface area contributed by atoms with Gasteiger partial charge in [0.05, 0.1) is 6.42 Å². The van der Waals surface area contributed by atoms with Crippen molar-refractivity contribution < 1.29 is 28.6 Å². The Morgan fingerprint density at radius 1 is 1.07 bits per heavy atom. The van der Waals surface area contributed by atoms with Crippen LogP contribution in [0.4, 0.5) is 4.39 Å². The largest absolute Gasteiger partial charge is 0.491 e. The van der Waals surface area contributed by atoms with E-state index in [1.165, 1.54) is 0 Å². The van der Waals surface area contributed by atoms with Gasteiger partial charge in [-0.15, -0.1) is 0 Å². The quantitative estimate of drug-likeness (QED) is 0.372. The molecular formula is C31H40FN3O5. The van der Waals surface area contributed by atoms with Crippen LogP contribution < -0.4 is 10.1 Å². The molecule has 0 radical (unpaired) electrons. The maximum absolute atomic E-state index is 13.4. The second-order valence-corrected chi connectivity index (χ2v) is 10.9. The molecule has 2 fully saturated rings. The first kappa shape index (κ1) is 29.6. The lowest BCUT2D eigenvalue weighted by Crippen LogP contribution is -2.42. The molecule has 1 aromatic heterocycles. The van der Waals surface area contributed by atoms with Crippen molar-refractivity contribution in [2.75, 3.05) is 39.5 Å². The van der Waals surface area contributed by atoms with Gasteiger partial charge in [-0.3, -0.25) is 19.4 Å². The van der Waals surface area contributed by atoms with Crippen molar-refractivity contribution in [2.45, 2.75) is 57.3 Å². The summed E-state index contributed by atoms with van der Waals surface area (Å²) in [7, 11) is 0. The van der Waals surface area contributed by atoms with Gasteiger partial charge in [0.25, 0.3) is 0 Å². The molecule has 0 saturated carbocycles. The maximum Gasteiger partial charge on any atom is 0.303 e. The minimum absolute atomic E-state index is 0.00173. The lowest BCUT2D eigenvalue weighted by molar-refractivity contribution is -0.137. The van der Waals surface area contributed by atoms with Gasteiger partial charge in [0.1, 0.15) is 24.8 Å². The van der Waals surface area contributed by atoms with E-state index in [1.54, 1.807) is 24.5 Å². The number of pyridine rings is 1. The van der Waals surface area contributed by atoms with Crippen LogP contribution in [0.2, 0.25) is 0 Å². The van der Waals surface area contributed by atoms with Crippen LogP contribution >= 0.6 is 0 Å². The number of amides is 1. The van der Waals surface area contributed by atoms with Gasteiger partial charge in [-0.25, -0.2) is 4.39 Å². The van der Waals surface area contributed by atoms with Crippen molar-refractivity contribution in [1.29, 1.82) is 0 Å². The standard InChI is InChI=1S/C31H40FN3O5/c32-11-15-40-28-6-4-23(5-7-28)26-16-27(20-34-19-26)25(18-31(38)39)17-29(36)24-2-1-14-35(21-24)30(37)8-3-22-9-12-33-13-10-22/h4-7,16,19-20,22,24-25,33H,1-3,8-15,17-18,21H2,(H,38,39)/t24-,25+/m1/s1. The SMILES string of the molecule is O=C(O)C[C@H](CC(=O)[C@@H]1CCCN(C(=O)CCC2CCNCC2)C1)c1cncc(-c2ccc(OCCF)cc2)c1. The normalized spacial score (nSPS) is 18.7. The lowest BCUT2D eigenvalue weighted by atomic mass is 9.84. The number of nitrogens with zero attached hydrogens (tertiary/aromatic N) is 2. The van der Waals surface area contributed by atoms with E-state index in [0.717, 1.165) is 49.9 Å². The molecule has 216 valence electrons. The van der Waals surface area contributed by atoms with E-state index in [-0.39, 0.29) is 37.1 Å². The Morgan fingerprint density at radius 2 is 1.85 bits per heavy atom. The summed E-state index contributed by atoms with van der Waals surface area (Å²) in [5.74, 6) is -0.502. The van der Waals surface area contributed by atoms with Gasteiger partial charge >= 0.3 is 5.97 Å². The highest BCUT2D eigenvalue weighted by Crippen LogP contribution is 2.31. The van der Waals surface area contributed by atoms with Gasteiger partial charge in [-0.1, -0.05) is 12.1 Å². The first-order chi connectivity index (χ1) is 19.4. The molecule has 2 aliphatic rings. The zero-order valence-corrected chi connectivity index (χ0v) is 23.0. The summed E-state index contributed by atoms with van der Waals surface area (Å²) in [6.45, 7) is 2.54. The number of rotatable bonds is 13. The molecule has 0 bridgehead atoms. The number of alkyl halides is 1. The van der Waals surface area contributed by atoms with Crippen LogP contribution in [0.25, 0.3) is 11.1 Å². The molecule has 1 aromatic carbocycles. The van der Waals surface area contributed by atoms with Gasteiger partial charge in [0.2, 0.25) is 5.91 Å². The van der Waals surface area contributed by atoms with Crippen molar-refractivity contribution in [1.82, 2.24) is 15.2 Å². The van der Waals surface area contributed by atoms with E-state index in [2.05, 4.69) is 10.3 Å². The minimum atomic E-state index is -0.976. The number of nitrogens with one attached hydrogen (secondary N) is 1. The molecule has 2 aliphatic heterocycles. The van der Waals surface area contributed by atoms with Gasteiger partial charge in [-0.2, -0.15) is 0 Å². The van der Waals surface area contributed by atoms with Crippen LogP contribution in [0.1, 0.15) is 62.8 Å². The number of carboxylic acids is 1. The molecular weight excluding hydrogens is 513 g/mol. The van der Waals surface area contributed by atoms with E-state index in [9.17, 15) is 23.9 Å². The lowest BCUT2D eigenvalue weighted by Gasteiger charge is -2.33. The Kier molecular flexibility index (Phi) is 11.0. The summed E-state index contributed by atoms with van der Waals surface area (Å²) in [6.07, 6.45) is 8.35. The van der Waals surface area contributed by atoms with Crippen LogP contribution in [0.5, 0.6) is 5.75 Å². The van der Waals surface area contributed by atoms with Crippen LogP contribution in [-0.2, 0) is 14.4 Å². The van der Waals surface area contributed by atoms with Crippen LogP contribution in [0, 0.1) is 11.8 Å². The average molecular weight is 554 g/mol. The Bertz CT molecular complexity index is 1140. The molecule has 2 atom stereocenters. The summed E-state index contributed by atoms with van der Waals surface area (Å²) < 4.78 is 17.7. The van der Waals surface area contributed by atoms with Gasteiger partial charge < -0.3 is 20.1 Å². The number of halogens is 1. The number of likely N-dealkylation sites (tertiary alicyclic amines) is 1. The second kappa shape index (κ2) is 14.9. The van der Waals surface area contributed by atoms with Crippen molar-refractivity contribution in [3.63, 3.8) is 0 Å². The number of carbonyl (C=O) groups excluding carboxylic acids is 2. The molecule has 40 heavy (non-hydrogen) atoms. The third-order valence-corrected chi connectivity index (χ3v) is 8.09. The maximum atomic E-state index is 13.4. The summed E-state index contributed by atoms with van der Waals surface area (Å²) in [5, 5.41) is 13.0. The predicted octanol–water partition coefficient (Wildman–Crippen LogP) is 4.63. The van der Waals surface area contributed by atoms with E-state index >= 15 is 0 Å². The number of hydrogen-bond donors (Lipinski definition) is 2. The molecule has 2 aromatic rings. The van der Waals surface area contributed by atoms with Crippen molar-refractivity contribution in [3.05, 3.63) is 48.3 Å². The Labute approximate surface area is 235 Å². The molecule has 2 saturated heterocycles. The van der Waals surface area contributed by atoms with Crippen LogP contribution in [-0.4, -0.2) is 72.1 Å². The summed E-state index contributed by atoms with van der Waals surface area (Å²) in [5.41, 5.74) is 2.34. The molecule has 2 N–H and O–H groups in total. The molecule has 0 aliphatic carbocycles.